The standard InChI is InChI=1S/C9H8F3NO/c10-6-2-1-5(7(11)8(6)12)9(14)3-13-4-9/h1-2,13-14H,3-4H2. The van der Waals surface area contributed by atoms with Crippen LogP contribution in [-0.2, 0) is 5.60 Å². The predicted octanol–water partition coefficient (Wildman–Crippen LogP) is 0.895. The van der Waals surface area contributed by atoms with Crippen LogP contribution in [0.15, 0.2) is 12.1 Å². The summed E-state index contributed by atoms with van der Waals surface area (Å²) in [5.74, 6) is -4.10. The summed E-state index contributed by atoms with van der Waals surface area (Å²) >= 11 is 0. The molecule has 1 aromatic carbocycles. The quantitative estimate of drug-likeness (QED) is 0.664. The van der Waals surface area contributed by atoms with Crippen LogP contribution in [-0.4, -0.2) is 18.2 Å². The molecule has 2 nitrogen and oxygen atoms in total. The number of hydrogen-bond donors (Lipinski definition) is 2. The zero-order chi connectivity index (χ0) is 10.3. The Morgan fingerprint density at radius 1 is 1.14 bits per heavy atom. The van der Waals surface area contributed by atoms with Gasteiger partial charge in [0, 0.05) is 18.7 Å². The van der Waals surface area contributed by atoms with Gasteiger partial charge in [-0.15, -0.1) is 0 Å². The fourth-order valence-electron chi connectivity index (χ4n) is 1.44. The van der Waals surface area contributed by atoms with Gasteiger partial charge < -0.3 is 10.4 Å². The lowest BCUT2D eigenvalue weighted by atomic mass is 9.88. The first-order valence-corrected chi connectivity index (χ1v) is 4.12. The third kappa shape index (κ3) is 1.20. The SMILES string of the molecule is OC1(c2ccc(F)c(F)c2F)CNC1. The molecule has 1 heterocycles. The van der Waals surface area contributed by atoms with Crippen LogP contribution in [0.5, 0.6) is 0 Å². The Balaban J connectivity index is 2.49. The molecule has 1 aliphatic heterocycles. The molecule has 0 radical (unpaired) electrons. The monoisotopic (exact) mass is 203 g/mol. The molecule has 0 amide bonds. The highest BCUT2D eigenvalue weighted by Gasteiger charge is 2.39. The Hall–Kier alpha value is -1.07. The minimum absolute atomic E-state index is 0.148. The first-order chi connectivity index (χ1) is 6.54. The van der Waals surface area contributed by atoms with Crippen LogP contribution in [0.25, 0.3) is 0 Å². The molecule has 0 bridgehead atoms. The number of benzene rings is 1. The number of β-amino-alcohol motifs (C(OH)–C–C–N with tert-alkyl or cyclic N) is 1. The Labute approximate surface area is 78.4 Å². The topological polar surface area (TPSA) is 32.3 Å². The maximum absolute atomic E-state index is 13.2. The van der Waals surface area contributed by atoms with Gasteiger partial charge in [0.1, 0.15) is 5.60 Å². The number of aliphatic hydroxyl groups is 1. The second kappa shape index (κ2) is 2.96. The van der Waals surface area contributed by atoms with Crippen molar-refractivity contribution in [3.05, 3.63) is 35.1 Å². The van der Waals surface area contributed by atoms with Gasteiger partial charge in [-0.2, -0.15) is 0 Å². The van der Waals surface area contributed by atoms with Crippen LogP contribution in [0.2, 0.25) is 0 Å². The summed E-state index contributed by atoms with van der Waals surface area (Å²) in [5, 5.41) is 12.4. The van der Waals surface area contributed by atoms with Gasteiger partial charge in [-0.3, -0.25) is 0 Å². The normalized spacial score (nSPS) is 19.1. The molecular formula is C9H8F3NO. The number of halogens is 3. The fraction of sp³-hybridized carbons (Fsp3) is 0.333. The van der Waals surface area contributed by atoms with Gasteiger partial charge in [0.15, 0.2) is 17.5 Å². The Morgan fingerprint density at radius 2 is 1.79 bits per heavy atom. The number of nitrogens with one attached hydrogen (secondary N) is 1. The fourth-order valence-corrected chi connectivity index (χ4v) is 1.44. The lowest BCUT2D eigenvalue weighted by Crippen LogP contribution is -2.57. The summed E-state index contributed by atoms with van der Waals surface area (Å²) in [7, 11) is 0. The van der Waals surface area contributed by atoms with Crippen molar-refractivity contribution in [2.75, 3.05) is 13.1 Å². The van der Waals surface area contributed by atoms with Crippen LogP contribution < -0.4 is 5.32 Å². The molecule has 0 spiro atoms. The van der Waals surface area contributed by atoms with E-state index in [1.165, 1.54) is 0 Å². The number of hydrogen-bond acceptors (Lipinski definition) is 2. The van der Waals surface area contributed by atoms with E-state index in [9.17, 15) is 18.3 Å². The van der Waals surface area contributed by atoms with Crippen LogP contribution >= 0.6 is 0 Å². The second-order valence-corrected chi connectivity index (χ2v) is 3.36. The molecule has 14 heavy (non-hydrogen) atoms. The largest absolute Gasteiger partial charge is 0.382 e. The predicted molar refractivity (Wildman–Crippen MR) is 43.1 cm³/mol. The summed E-state index contributed by atoms with van der Waals surface area (Å²) in [6.07, 6.45) is 0. The van der Waals surface area contributed by atoms with Gasteiger partial charge in [-0.05, 0) is 12.1 Å². The average molecular weight is 203 g/mol. The van der Waals surface area contributed by atoms with Crippen molar-refractivity contribution in [3.63, 3.8) is 0 Å². The molecule has 0 aromatic heterocycles. The molecular weight excluding hydrogens is 195 g/mol. The smallest absolute Gasteiger partial charge is 0.194 e. The van der Waals surface area contributed by atoms with Crippen molar-refractivity contribution < 1.29 is 18.3 Å². The van der Waals surface area contributed by atoms with E-state index < -0.39 is 23.1 Å². The maximum Gasteiger partial charge on any atom is 0.194 e. The molecule has 2 rings (SSSR count). The first-order valence-electron chi connectivity index (χ1n) is 4.12. The van der Waals surface area contributed by atoms with E-state index >= 15 is 0 Å². The lowest BCUT2D eigenvalue weighted by Gasteiger charge is -2.38. The van der Waals surface area contributed by atoms with Crippen molar-refractivity contribution in [2.45, 2.75) is 5.60 Å². The molecule has 0 saturated carbocycles. The lowest BCUT2D eigenvalue weighted by molar-refractivity contribution is -0.0183. The Bertz CT molecular complexity index is 377. The zero-order valence-corrected chi connectivity index (χ0v) is 7.15. The zero-order valence-electron chi connectivity index (χ0n) is 7.15. The van der Waals surface area contributed by atoms with E-state index in [1.807, 2.05) is 0 Å². The molecule has 1 saturated heterocycles. The Morgan fingerprint density at radius 3 is 2.29 bits per heavy atom. The molecule has 0 unspecified atom stereocenters. The maximum atomic E-state index is 13.2. The van der Waals surface area contributed by atoms with E-state index in [0.29, 0.717) is 0 Å². The van der Waals surface area contributed by atoms with Crippen molar-refractivity contribution in [1.82, 2.24) is 5.32 Å². The summed E-state index contributed by atoms with van der Waals surface area (Å²) in [6, 6.07) is 1.87. The third-order valence-electron chi connectivity index (χ3n) is 2.37. The third-order valence-corrected chi connectivity index (χ3v) is 2.37. The van der Waals surface area contributed by atoms with Crippen molar-refractivity contribution in [2.24, 2.45) is 0 Å². The summed E-state index contributed by atoms with van der Waals surface area (Å²) < 4.78 is 38.5. The van der Waals surface area contributed by atoms with Crippen LogP contribution in [0.1, 0.15) is 5.56 Å². The van der Waals surface area contributed by atoms with Crippen LogP contribution in [0.3, 0.4) is 0 Å². The van der Waals surface area contributed by atoms with E-state index in [4.69, 9.17) is 0 Å². The van der Waals surface area contributed by atoms with Crippen LogP contribution in [0.4, 0.5) is 13.2 Å². The summed E-state index contributed by atoms with van der Waals surface area (Å²) in [6.45, 7) is 0.296. The average Bonchev–Trinajstić information content (AvgIpc) is 2.11. The molecule has 0 aliphatic carbocycles. The van der Waals surface area contributed by atoms with Gasteiger partial charge in [0.25, 0.3) is 0 Å². The van der Waals surface area contributed by atoms with Gasteiger partial charge in [0.05, 0.1) is 0 Å². The van der Waals surface area contributed by atoms with Gasteiger partial charge in [-0.25, -0.2) is 13.2 Å². The molecule has 1 aromatic rings. The van der Waals surface area contributed by atoms with Crippen molar-refractivity contribution in [1.29, 1.82) is 0 Å². The highest BCUT2D eigenvalue weighted by Crippen LogP contribution is 2.29. The van der Waals surface area contributed by atoms with E-state index in [0.717, 1.165) is 12.1 Å². The van der Waals surface area contributed by atoms with Gasteiger partial charge >= 0.3 is 0 Å². The summed E-state index contributed by atoms with van der Waals surface area (Å²) in [5.41, 5.74) is -1.60. The highest BCUT2D eigenvalue weighted by molar-refractivity contribution is 5.29. The van der Waals surface area contributed by atoms with Crippen molar-refractivity contribution >= 4 is 0 Å². The van der Waals surface area contributed by atoms with E-state index in [-0.39, 0.29) is 18.7 Å². The summed E-state index contributed by atoms with van der Waals surface area (Å²) in [4.78, 5) is 0. The minimum atomic E-state index is -1.54. The Kier molecular flexibility index (Phi) is 2.01. The first kappa shape index (κ1) is 9.48. The highest BCUT2D eigenvalue weighted by atomic mass is 19.2. The second-order valence-electron chi connectivity index (χ2n) is 3.36. The molecule has 5 heteroatoms. The number of rotatable bonds is 1. The molecule has 76 valence electrons. The van der Waals surface area contributed by atoms with Crippen molar-refractivity contribution in [3.8, 4) is 0 Å². The van der Waals surface area contributed by atoms with Crippen LogP contribution in [0, 0.1) is 17.5 Å². The molecule has 0 atom stereocenters. The van der Waals surface area contributed by atoms with E-state index in [2.05, 4.69) is 5.32 Å². The molecule has 1 fully saturated rings. The van der Waals surface area contributed by atoms with E-state index in [1.54, 1.807) is 0 Å². The minimum Gasteiger partial charge on any atom is -0.382 e. The van der Waals surface area contributed by atoms with Gasteiger partial charge in [0.2, 0.25) is 0 Å². The van der Waals surface area contributed by atoms with Gasteiger partial charge in [-0.1, -0.05) is 0 Å². The molecule has 2 N–H and O–H groups in total. The molecule has 1 aliphatic rings.